The molecule has 1 aromatic rings. The van der Waals surface area contributed by atoms with E-state index in [1.54, 1.807) is 12.1 Å². The van der Waals surface area contributed by atoms with Crippen LogP contribution in [0.5, 0.6) is 0 Å². The van der Waals surface area contributed by atoms with Gasteiger partial charge in [0.1, 0.15) is 0 Å². The maximum atomic E-state index is 12.3. The summed E-state index contributed by atoms with van der Waals surface area (Å²) in [5.41, 5.74) is 6.51. The van der Waals surface area contributed by atoms with Gasteiger partial charge >= 0.3 is 0 Å². The Balaban J connectivity index is 0.00000361. The zero-order valence-electron chi connectivity index (χ0n) is 11.9. The van der Waals surface area contributed by atoms with Crippen molar-refractivity contribution in [2.24, 2.45) is 5.73 Å². The Morgan fingerprint density at radius 1 is 1.30 bits per heavy atom. The van der Waals surface area contributed by atoms with E-state index in [1.807, 2.05) is 26.8 Å². The van der Waals surface area contributed by atoms with Crippen molar-refractivity contribution in [3.63, 3.8) is 0 Å². The van der Waals surface area contributed by atoms with E-state index in [0.717, 1.165) is 18.4 Å². The fraction of sp³-hybridized carbons (Fsp3) is 0.538. The minimum atomic E-state index is -3.54. The van der Waals surface area contributed by atoms with Crippen LogP contribution in [0.15, 0.2) is 27.6 Å². The van der Waals surface area contributed by atoms with Crippen LogP contribution in [0.3, 0.4) is 0 Å². The van der Waals surface area contributed by atoms with Crippen LogP contribution in [0, 0.1) is 6.92 Å². The second-order valence-corrected chi connectivity index (χ2v) is 7.42. The van der Waals surface area contributed by atoms with E-state index in [2.05, 4.69) is 20.7 Å². The SMILES string of the molecule is CCC(N)(CC)CNS(=O)(=O)c1cc(C)ccc1Br.Cl. The monoisotopic (exact) mass is 384 g/mol. The van der Waals surface area contributed by atoms with E-state index in [-0.39, 0.29) is 23.8 Å². The Morgan fingerprint density at radius 3 is 2.35 bits per heavy atom. The van der Waals surface area contributed by atoms with Gasteiger partial charge in [-0.05, 0) is 53.4 Å². The van der Waals surface area contributed by atoms with Crippen molar-refractivity contribution in [2.45, 2.75) is 44.0 Å². The summed E-state index contributed by atoms with van der Waals surface area (Å²) in [5.74, 6) is 0. The molecule has 116 valence electrons. The van der Waals surface area contributed by atoms with Crippen LogP contribution in [0.2, 0.25) is 0 Å². The minimum Gasteiger partial charge on any atom is -0.324 e. The molecular formula is C13H22BrClN2O2S. The number of hydrogen-bond donors (Lipinski definition) is 2. The summed E-state index contributed by atoms with van der Waals surface area (Å²) in [5, 5.41) is 0. The van der Waals surface area contributed by atoms with Crippen molar-refractivity contribution in [1.82, 2.24) is 4.72 Å². The van der Waals surface area contributed by atoms with Crippen molar-refractivity contribution in [3.8, 4) is 0 Å². The highest BCUT2D eigenvalue weighted by Crippen LogP contribution is 2.23. The molecule has 4 nitrogen and oxygen atoms in total. The first kappa shape index (κ1) is 19.9. The lowest BCUT2D eigenvalue weighted by Gasteiger charge is -2.26. The highest BCUT2D eigenvalue weighted by atomic mass is 79.9. The number of nitrogens with two attached hydrogens (primary N) is 1. The second kappa shape index (κ2) is 7.75. The van der Waals surface area contributed by atoms with Gasteiger partial charge in [-0.2, -0.15) is 0 Å². The van der Waals surface area contributed by atoms with E-state index in [9.17, 15) is 8.42 Å². The molecule has 0 bridgehead atoms. The summed E-state index contributed by atoms with van der Waals surface area (Å²) in [6, 6.07) is 5.23. The van der Waals surface area contributed by atoms with Crippen LogP contribution in [-0.4, -0.2) is 20.5 Å². The summed E-state index contributed by atoms with van der Waals surface area (Å²) in [4.78, 5) is 0.252. The smallest absolute Gasteiger partial charge is 0.241 e. The topological polar surface area (TPSA) is 72.2 Å². The largest absolute Gasteiger partial charge is 0.324 e. The van der Waals surface area contributed by atoms with Crippen LogP contribution in [0.25, 0.3) is 0 Å². The van der Waals surface area contributed by atoms with E-state index in [0.29, 0.717) is 4.47 Å². The zero-order chi connectivity index (χ0) is 14.7. The Hall–Kier alpha value is -0.140. The first-order chi connectivity index (χ1) is 8.74. The van der Waals surface area contributed by atoms with Gasteiger partial charge in [-0.3, -0.25) is 0 Å². The Labute approximate surface area is 136 Å². The number of aryl methyl sites for hydroxylation is 1. The number of hydrogen-bond acceptors (Lipinski definition) is 3. The van der Waals surface area contributed by atoms with Crippen molar-refractivity contribution >= 4 is 38.4 Å². The van der Waals surface area contributed by atoms with Crippen molar-refractivity contribution < 1.29 is 8.42 Å². The maximum Gasteiger partial charge on any atom is 0.241 e. The molecule has 0 saturated carbocycles. The Kier molecular flexibility index (Phi) is 7.70. The van der Waals surface area contributed by atoms with Crippen molar-refractivity contribution in [3.05, 3.63) is 28.2 Å². The predicted octanol–water partition coefficient (Wildman–Crippen LogP) is 2.98. The van der Waals surface area contributed by atoms with Gasteiger partial charge in [0, 0.05) is 16.6 Å². The molecular weight excluding hydrogens is 364 g/mol. The highest BCUT2D eigenvalue weighted by Gasteiger charge is 2.25. The lowest BCUT2D eigenvalue weighted by molar-refractivity contribution is 0.391. The average molecular weight is 386 g/mol. The van der Waals surface area contributed by atoms with Crippen LogP contribution >= 0.6 is 28.3 Å². The molecule has 0 fully saturated rings. The third kappa shape index (κ3) is 5.00. The van der Waals surface area contributed by atoms with Gasteiger partial charge in [0.2, 0.25) is 10.0 Å². The lowest BCUT2D eigenvalue weighted by Crippen LogP contribution is -2.49. The fourth-order valence-corrected chi connectivity index (χ4v) is 3.82. The molecule has 0 spiro atoms. The summed E-state index contributed by atoms with van der Waals surface area (Å²) in [6.07, 6.45) is 1.45. The fourth-order valence-electron chi connectivity index (χ4n) is 1.63. The maximum absolute atomic E-state index is 12.3. The zero-order valence-corrected chi connectivity index (χ0v) is 15.2. The predicted molar refractivity (Wildman–Crippen MR) is 88.8 cm³/mol. The molecule has 0 aliphatic heterocycles. The molecule has 0 aliphatic carbocycles. The molecule has 1 aromatic carbocycles. The number of benzene rings is 1. The molecule has 0 amide bonds. The number of sulfonamides is 1. The normalized spacial score (nSPS) is 12.1. The van der Waals surface area contributed by atoms with Gasteiger partial charge in [0.15, 0.2) is 0 Å². The van der Waals surface area contributed by atoms with Crippen molar-refractivity contribution in [2.75, 3.05) is 6.54 Å². The quantitative estimate of drug-likeness (QED) is 0.790. The molecule has 0 saturated heterocycles. The number of nitrogens with one attached hydrogen (secondary N) is 1. The van der Waals surface area contributed by atoms with Gasteiger partial charge in [-0.1, -0.05) is 19.9 Å². The average Bonchev–Trinajstić information content (AvgIpc) is 2.39. The summed E-state index contributed by atoms with van der Waals surface area (Å²) >= 11 is 3.27. The third-order valence-corrected chi connectivity index (χ3v) is 5.79. The van der Waals surface area contributed by atoms with E-state index < -0.39 is 15.6 Å². The van der Waals surface area contributed by atoms with Gasteiger partial charge < -0.3 is 5.73 Å². The van der Waals surface area contributed by atoms with Crippen LogP contribution in [0.4, 0.5) is 0 Å². The van der Waals surface area contributed by atoms with Gasteiger partial charge in [0.25, 0.3) is 0 Å². The molecule has 20 heavy (non-hydrogen) atoms. The van der Waals surface area contributed by atoms with E-state index >= 15 is 0 Å². The van der Waals surface area contributed by atoms with Crippen LogP contribution in [0.1, 0.15) is 32.3 Å². The second-order valence-electron chi connectivity index (χ2n) is 4.83. The molecule has 7 heteroatoms. The molecule has 0 radical (unpaired) electrons. The molecule has 0 unspecified atom stereocenters. The van der Waals surface area contributed by atoms with E-state index in [4.69, 9.17) is 5.73 Å². The highest BCUT2D eigenvalue weighted by molar-refractivity contribution is 9.10. The standard InChI is InChI=1S/C13H21BrN2O2S.ClH/c1-4-13(15,5-2)9-16-19(17,18)12-8-10(3)6-7-11(12)14;/h6-8,16H,4-5,9,15H2,1-3H3;1H. The molecule has 0 heterocycles. The van der Waals surface area contributed by atoms with Gasteiger partial charge in [-0.15, -0.1) is 12.4 Å². The minimum absolute atomic E-state index is 0. The molecule has 0 atom stereocenters. The van der Waals surface area contributed by atoms with Gasteiger partial charge in [-0.25, -0.2) is 13.1 Å². The molecule has 0 aliphatic rings. The Morgan fingerprint density at radius 2 is 1.85 bits per heavy atom. The molecule has 0 aromatic heterocycles. The van der Waals surface area contributed by atoms with Crippen LogP contribution < -0.4 is 10.5 Å². The number of rotatable bonds is 6. The summed E-state index contributed by atoms with van der Waals surface area (Å²) < 4.78 is 27.7. The van der Waals surface area contributed by atoms with E-state index in [1.165, 1.54) is 0 Å². The summed E-state index contributed by atoms with van der Waals surface area (Å²) in [6.45, 7) is 6.01. The first-order valence-electron chi connectivity index (χ1n) is 6.29. The summed E-state index contributed by atoms with van der Waals surface area (Å²) in [7, 11) is -3.54. The molecule has 1 rings (SSSR count). The third-order valence-electron chi connectivity index (χ3n) is 3.40. The number of halogens is 2. The first-order valence-corrected chi connectivity index (χ1v) is 8.56. The molecule has 3 N–H and O–H groups in total. The van der Waals surface area contributed by atoms with Crippen molar-refractivity contribution in [1.29, 1.82) is 0 Å². The Bertz CT molecular complexity index is 545. The van der Waals surface area contributed by atoms with Crippen LogP contribution in [-0.2, 0) is 10.0 Å². The van der Waals surface area contributed by atoms with Gasteiger partial charge in [0.05, 0.1) is 4.90 Å². The lowest BCUT2D eigenvalue weighted by atomic mass is 9.95.